The molecule has 25 heavy (non-hydrogen) atoms. The highest BCUT2D eigenvalue weighted by Crippen LogP contribution is 2.24. The van der Waals surface area contributed by atoms with Crippen LogP contribution in [0.15, 0.2) is 33.9 Å². The minimum Gasteiger partial charge on any atom is -0.336 e. The molecule has 0 radical (unpaired) electrons. The molecule has 0 spiro atoms. The minimum absolute atomic E-state index is 0.0589. The van der Waals surface area contributed by atoms with Crippen LogP contribution >= 0.6 is 11.3 Å². The second-order valence-corrected chi connectivity index (χ2v) is 8.07. The Hall–Kier alpha value is -1.91. The van der Waals surface area contributed by atoms with Crippen LogP contribution in [0.1, 0.15) is 10.4 Å². The molecule has 0 saturated carbocycles. The van der Waals surface area contributed by atoms with Crippen LogP contribution in [0.3, 0.4) is 0 Å². The third-order valence-corrected chi connectivity index (χ3v) is 6.51. The van der Waals surface area contributed by atoms with Crippen molar-refractivity contribution in [3.8, 4) is 0 Å². The number of carbonyl (C=O) groups is 1. The summed E-state index contributed by atoms with van der Waals surface area (Å²) in [4.78, 5) is 12.8. The maximum Gasteiger partial charge on any atom is 0.254 e. The van der Waals surface area contributed by atoms with E-state index in [1.165, 1.54) is 16.2 Å². The van der Waals surface area contributed by atoms with Crippen LogP contribution in [0.5, 0.6) is 0 Å². The van der Waals surface area contributed by atoms with Crippen molar-refractivity contribution in [2.24, 2.45) is 0 Å². The SMILES string of the molecule is O=C(c1ccsc1)N1CCN(S(=O)(=O)c2ccc(F)c(F)c2F)CC1. The summed E-state index contributed by atoms with van der Waals surface area (Å²) in [5, 5.41) is 3.46. The number of thiophene rings is 1. The van der Waals surface area contributed by atoms with Crippen molar-refractivity contribution in [3.05, 3.63) is 52.0 Å². The van der Waals surface area contributed by atoms with Crippen LogP contribution in [-0.2, 0) is 10.0 Å². The lowest BCUT2D eigenvalue weighted by Gasteiger charge is -2.34. The zero-order valence-electron chi connectivity index (χ0n) is 12.8. The van der Waals surface area contributed by atoms with Crippen molar-refractivity contribution in [3.63, 3.8) is 0 Å². The zero-order valence-corrected chi connectivity index (χ0v) is 14.4. The first-order valence-electron chi connectivity index (χ1n) is 7.27. The molecule has 134 valence electrons. The number of halogens is 3. The highest BCUT2D eigenvalue weighted by atomic mass is 32.2. The van der Waals surface area contributed by atoms with Gasteiger partial charge in [-0.3, -0.25) is 4.79 Å². The molecule has 0 aliphatic carbocycles. The molecule has 1 aromatic carbocycles. The molecule has 2 heterocycles. The molecule has 0 atom stereocenters. The van der Waals surface area contributed by atoms with Crippen LogP contribution in [0.25, 0.3) is 0 Å². The summed E-state index contributed by atoms with van der Waals surface area (Å²) in [7, 11) is -4.32. The Morgan fingerprint density at radius 1 is 1.00 bits per heavy atom. The topological polar surface area (TPSA) is 57.7 Å². The summed E-state index contributed by atoms with van der Waals surface area (Å²) in [5.41, 5.74) is 0.521. The number of sulfonamides is 1. The standard InChI is InChI=1S/C15H13F3N2O3S2/c16-11-1-2-12(14(18)13(11)17)25(22,23)20-6-4-19(5-7-20)15(21)10-3-8-24-9-10/h1-3,8-9H,4-7H2. The second-order valence-electron chi connectivity index (χ2n) is 5.38. The molecule has 0 bridgehead atoms. The van der Waals surface area contributed by atoms with Gasteiger partial charge in [-0.1, -0.05) is 0 Å². The van der Waals surface area contributed by atoms with Crippen LogP contribution in [0, 0.1) is 17.5 Å². The van der Waals surface area contributed by atoms with E-state index < -0.39 is 32.4 Å². The fourth-order valence-corrected chi connectivity index (χ4v) is 4.65. The van der Waals surface area contributed by atoms with Crippen molar-refractivity contribution in [2.75, 3.05) is 26.2 Å². The Bertz CT molecular complexity index is 893. The van der Waals surface area contributed by atoms with Gasteiger partial charge in [0.25, 0.3) is 5.91 Å². The molecule has 1 aliphatic rings. The zero-order chi connectivity index (χ0) is 18.2. The van der Waals surface area contributed by atoms with Gasteiger partial charge in [-0.15, -0.1) is 0 Å². The molecule has 1 aromatic heterocycles. The average molecular weight is 390 g/mol. The maximum absolute atomic E-state index is 13.8. The number of benzene rings is 1. The molecule has 0 N–H and O–H groups in total. The smallest absolute Gasteiger partial charge is 0.254 e. The van der Waals surface area contributed by atoms with Crippen molar-refractivity contribution >= 4 is 27.3 Å². The molecule has 1 aliphatic heterocycles. The summed E-state index contributed by atoms with van der Waals surface area (Å²) >= 11 is 1.38. The molecular weight excluding hydrogens is 377 g/mol. The predicted molar refractivity (Wildman–Crippen MR) is 85.3 cm³/mol. The summed E-state index contributed by atoms with van der Waals surface area (Å²) in [5.74, 6) is -5.23. The van der Waals surface area contributed by atoms with E-state index in [9.17, 15) is 26.4 Å². The van der Waals surface area contributed by atoms with Gasteiger partial charge in [0, 0.05) is 31.6 Å². The first-order chi connectivity index (χ1) is 11.8. The fourth-order valence-electron chi connectivity index (χ4n) is 2.55. The molecule has 10 heteroatoms. The fraction of sp³-hybridized carbons (Fsp3) is 0.267. The summed E-state index contributed by atoms with van der Waals surface area (Å²) < 4.78 is 66.0. The Morgan fingerprint density at radius 2 is 1.68 bits per heavy atom. The molecule has 3 rings (SSSR count). The van der Waals surface area contributed by atoms with E-state index in [1.54, 1.807) is 16.8 Å². The highest BCUT2D eigenvalue weighted by molar-refractivity contribution is 7.89. The number of nitrogens with zero attached hydrogens (tertiary/aromatic N) is 2. The minimum atomic E-state index is -4.32. The van der Waals surface area contributed by atoms with Gasteiger partial charge in [-0.25, -0.2) is 21.6 Å². The Labute approximate surface area is 146 Å². The van der Waals surface area contributed by atoms with E-state index in [4.69, 9.17) is 0 Å². The Balaban J connectivity index is 1.76. The summed E-state index contributed by atoms with van der Waals surface area (Å²) in [6.45, 7) is 0.131. The summed E-state index contributed by atoms with van der Waals surface area (Å²) in [6.07, 6.45) is 0. The normalized spacial score (nSPS) is 16.2. The van der Waals surface area contributed by atoms with Gasteiger partial charge >= 0.3 is 0 Å². The van der Waals surface area contributed by atoms with Gasteiger partial charge in [0.15, 0.2) is 17.5 Å². The van der Waals surface area contributed by atoms with Gasteiger partial charge in [-0.05, 0) is 23.6 Å². The summed E-state index contributed by atoms with van der Waals surface area (Å²) in [6, 6.07) is 2.94. The van der Waals surface area contributed by atoms with E-state index >= 15 is 0 Å². The lowest BCUT2D eigenvalue weighted by atomic mass is 10.2. The van der Waals surface area contributed by atoms with Gasteiger partial charge < -0.3 is 4.90 Å². The lowest BCUT2D eigenvalue weighted by molar-refractivity contribution is 0.0698. The number of hydrogen-bond acceptors (Lipinski definition) is 4. The van der Waals surface area contributed by atoms with Gasteiger partial charge in [0.05, 0.1) is 5.56 Å². The predicted octanol–water partition coefficient (Wildman–Crippen LogP) is 2.31. The first kappa shape index (κ1) is 17.9. The second kappa shape index (κ2) is 6.77. The largest absolute Gasteiger partial charge is 0.336 e. The molecule has 1 fully saturated rings. The van der Waals surface area contributed by atoms with E-state index in [2.05, 4.69) is 0 Å². The van der Waals surface area contributed by atoms with Gasteiger partial charge in [0.1, 0.15) is 4.90 Å². The van der Waals surface area contributed by atoms with Crippen molar-refractivity contribution in [1.29, 1.82) is 0 Å². The maximum atomic E-state index is 13.8. The van der Waals surface area contributed by atoms with E-state index in [0.29, 0.717) is 17.7 Å². The van der Waals surface area contributed by atoms with Crippen molar-refractivity contribution in [2.45, 2.75) is 4.90 Å². The van der Waals surface area contributed by atoms with Crippen LogP contribution in [0.2, 0.25) is 0 Å². The highest BCUT2D eigenvalue weighted by Gasteiger charge is 2.33. The first-order valence-corrected chi connectivity index (χ1v) is 9.66. The number of piperazine rings is 1. The molecule has 1 amide bonds. The number of amides is 1. The number of hydrogen-bond donors (Lipinski definition) is 0. The number of rotatable bonds is 3. The molecule has 2 aromatic rings. The van der Waals surface area contributed by atoms with Crippen LogP contribution in [-0.4, -0.2) is 49.7 Å². The number of carbonyl (C=O) groups excluding carboxylic acids is 1. The Kier molecular flexibility index (Phi) is 4.85. The lowest BCUT2D eigenvalue weighted by Crippen LogP contribution is -2.50. The van der Waals surface area contributed by atoms with E-state index in [1.807, 2.05) is 0 Å². The van der Waals surface area contributed by atoms with Gasteiger partial charge in [-0.2, -0.15) is 15.6 Å². The monoisotopic (exact) mass is 390 g/mol. The molecule has 0 unspecified atom stereocenters. The van der Waals surface area contributed by atoms with Gasteiger partial charge in [0.2, 0.25) is 10.0 Å². The quantitative estimate of drug-likeness (QED) is 0.756. The Morgan fingerprint density at radius 3 is 2.28 bits per heavy atom. The van der Waals surface area contributed by atoms with E-state index in [0.717, 1.165) is 4.31 Å². The molecule has 1 saturated heterocycles. The van der Waals surface area contributed by atoms with Crippen molar-refractivity contribution < 1.29 is 26.4 Å². The van der Waals surface area contributed by atoms with Crippen LogP contribution < -0.4 is 0 Å². The third kappa shape index (κ3) is 3.29. The van der Waals surface area contributed by atoms with E-state index in [-0.39, 0.29) is 32.1 Å². The molecule has 5 nitrogen and oxygen atoms in total. The van der Waals surface area contributed by atoms with Crippen LogP contribution in [0.4, 0.5) is 13.2 Å². The van der Waals surface area contributed by atoms with Crippen molar-refractivity contribution in [1.82, 2.24) is 9.21 Å². The molecular formula is C15H13F3N2O3S2. The third-order valence-electron chi connectivity index (χ3n) is 3.91. The average Bonchev–Trinajstić information content (AvgIpc) is 3.13.